The van der Waals surface area contributed by atoms with Gasteiger partial charge in [-0.2, -0.15) is 0 Å². The number of rotatable bonds is 4. The standard InChI is InChI=1S/C8H10O4S/c1-5(9)3-7(11)13-8(12)4-6(2)10/h3-4H2,1-2H3. The van der Waals surface area contributed by atoms with E-state index in [0.717, 1.165) is 0 Å². The molecule has 0 heterocycles. The molecule has 5 heteroatoms. The van der Waals surface area contributed by atoms with Crippen molar-refractivity contribution in [3.8, 4) is 0 Å². The Kier molecular flexibility index (Phi) is 5.22. The summed E-state index contributed by atoms with van der Waals surface area (Å²) in [6, 6.07) is 0. The predicted molar refractivity (Wildman–Crippen MR) is 48.2 cm³/mol. The topological polar surface area (TPSA) is 68.3 Å². The van der Waals surface area contributed by atoms with Gasteiger partial charge in [-0.1, -0.05) is 0 Å². The van der Waals surface area contributed by atoms with Crippen LogP contribution in [0.1, 0.15) is 26.7 Å². The Morgan fingerprint density at radius 2 is 1.15 bits per heavy atom. The highest BCUT2D eigenvalue weighted by atomic mass is 32.2. The lowest BCUT2D eigenvalue weighted by Crippen LogP contribution is -2.06. The van der Waals surface area contributed by atoms with Crippen LogP contribution in [-0.4, -0.2) is 21.8 Å². The SMILES string of the molecule is CC(=O)CC(=O)SC(=O)CC(C)=O. The predicted octanol–water partition coefficient (Wildman–Crippen LogP) is 0.731. The number of thioether (sulfide) groups is 1. The lowest BCUT2D eigenvalue weighted by Gasteiger charge is -1.94. The smallest absolute Gasteiger partial charge is 0.203 e. The summed E-state index contributed by atoms with van der Waals surface area (Å²) in [5, 5.41) is -1.00. The number of carbonyl (C=O) groups is 4. The molecule has 0 bridgehead atoms. The van der Waals surface area contributed by atoms with Crippen LogP contribution in [0.4, 0.5) is 0 Å². The molecule has 0 aromatic rings. The van der Waals surface area contributed by atoms with Crippen molar-refractivity contribution in [2.24, 2.45) is 0 Å². The van der Waals surface area contributed by atoms with E-state index in [1.54, 1.807) is 0 Å². The van der Waals surface area contributed by atoms with E-state index >= 15 is 0 Å². The zero-order chi connectivity index (χ0) is 10.4. The van der Waals surface area contributed by atoms with Crippen molar-refractivity contribution in [3.05, 3.63) is 0 Å². The minimum absolute atomic E-state index is 0.256. The molecule has 4 nitrogen and oxygen atoms in total. The molecule has 0 saturated carbocycles. The maximum atomic E-state index is 10.9. The Hall–Kier alpha value is -0.970. The normalized spacial score (nSPS) is 9.38. The van der Waals surface area contributed by atoms with E-state index in [-0.39, 0.29) is 24.4 Å². The molecule has 0 atom stereocenters. The maximum absolute atomic E-state index is 10.9. The van der Waals surface area contributed by atoms with Crippen LogP contribution in [0.2, 0.25) is 0 Å². The monoisotopic (exact) mass is 202 g/mol. The van der Waals surface area contributed by atoms with Gasteiger partial charge in [0.1, 0.15) is 11.6 Å². The fourth-order valence-corrected chi connectivity index (χ4v) is 1.41. The molecule has 0 fully saturated rings. The van der Waals surface area contributed by atoms with Gasteiger partial charge in [0.2, 0.25) is 10.2 Å². The molecule has 0 radical (unpaired) electrons. The quantitative estimate of drug-likeness (QED) is 0.628. The second-order valence-electron chi connectivity index (χ2n) is 2.60. The van der Waals surface area contributed by atoms with E-state index in [4.69, 9.17) is 0 Å². The summed E-state index contributed by atoms with van der Waals surface area (Å²) in [5.41, 5.74) is 0. The van der Waals surface area contributed by atoms with E-state index in [9.17, 15) is 19.2 Å². The van der Waals surface area contributed by atoms with E-state index in [1.165, 1.54) is 13.8 Å². The van der Waals surface area contributed by atoms with Crippen LogP contribution in [0.15, 0.2) is 0 Å². The van der Waals surface area contributed by atoms with Gasteiger partial charge in [-0.25, -0.2) is 0 Å². The first kappa shape index (κ1) is 12.0. The van der Waals surface area contributed by atoms with Gasteiger partial charge in [-0.3, -0.25) is 19.2 Å². The van der Waals surface area contributed by atoms with E-state index in [0.29, 0.717) is 11.8 Å². The first-order valence-corrected chi connectivity index (χ1v) is 4.46. The number of hydrogen-bond donors (Lipinski definition) is 0. The van der Waals surface area contributed by atoms with Gasteiger partial charge in [0.05, 0.1) is 12.8 Å². The Morgan fingerprint density at radius 3 is 1.38 bits per heavy atom. The zero-order valence-corrected chi connectivity index (χ0v) is 8.27. The minimum Gasteiger partial charge on any atom is -0.300 e. The first-order valence-electron chi connectivity index (χ1n) is 3.64. The summed E-state index contributed by atoms with van der Waals surface area (Å²) in [7, 11) is 0. The Labute approximate surface area is 80.1 Å². The van der Waals surface area contributed by atoms with Crippen molar-refractivity contribution >= 4 is 33.6 Å². The summed E-state index contributed by atoms with van der Waals surface area (Å²) in [4.78, 5) is 42.6. The highest BCUT2D eigenvalue weighted by Gasteiger charge is 2.13. The van der Waals surface area contributed by atoms with Gasteiger partial charge in [0, 0.05) is 0 Å². The third-order valence-electron chi connectivity index (χ3n) is 1.01. The van der Waals surface area contributed by atoms with Crippen molar-refractivity contribution in [2.45, 2.75) is 26.7 Å². The Morgan fingerprint density at radius 1 is 0.846 bits per heavy atom. The Balaban J connectivity index is 3.85. The molecule has 0 aliphatic heterocycles. The third-order valence-corrected chi connectivity index (χ3v) is 1.76. The van der Waals surface area contributed by atoms with Gasteiger partial charge in [-0.15, -0.1) is 0 Å². The van der Waals surface area contributed by atoms with Gasteiger partial charge in [0.15, 0.2) is 0 Å². The molecule has 13 heavy (non-hydrogen) atoms. The minimum atomic E-state index is -0.501. The summed E-state index contributed by atoms with van der Waals surface area (Å²) >= 11 is 0.437. The number of Topliss-reactive ketones (excluding diaryl/α,β-unsaturated/α-hetero) is 2. The van der Waals surface area contributed by atoms with E-state index in [2.05, 4.69) is 0 Å². The van der Waals surface area contributed by atoms with Crippen LogP contribution in [0.3, 0.4) is 0 Å². The zero-order valence-electron chi connectivity index (χ0n) is 7.46. The fraction of sp³-hybridized carbons (Fsp3) is 0.500. The molecule has 0 amide bonds. The first-order chi connectivity index (χ1) is 5.91. The van der Waals surface area contributed by atoms with Crippen molar-refractivity contribution in [3.63, 3.8) is 0 Å². The highest BCUT2D eigenvalue weighted by Crippen LogP contribution is 2.09. The van der Waals surface area contributed by atoms with Crippen LogP contribution in [0.25, 0.3) is 0 Å². The molecular weight excluding hydrogens is 192 g/mol. The molecule has 0 rings (SSSR count). The summed E-state index contributed by atoms with van der Waals surface area (Å²) in [6.07, 6.45) is -0.511. The van der Waals surface area contributed by atoms with Crippen LogP contribution in [0, 0.1) is 0 Å². The lowest BCUT2D eigenvalue weighted by atomic mass is 10.3. The molecule has 72 valence electrons. The largest absolute Gasteiger partial charge is 0.300 e. The van der Waals surface area contributed by atoms with Gasteiger partial charge < -0.3 is 0 Å². The highest BCUT2D eigenvalue weighted by molar-refractivity contribution is 8.26. The van der Waals surface area contributed by atoms with Crippen molar-refractivity contribution in [1.82, 2.24) is 0 Å². The van der Waals surface area contributed by atoms with Crippen LogP contribution in [-0.2, 0) is 19.2 Å². The average molecular weight is 202 g/mol. The summed E-state index contributed by atoms with van der Waals surface area (Å²) in [5.74, 6) is -0.568. The average Bonchev–Trinajstić information content (AvgIpc) is 1.80. The fourth-order valence-electron chi connectivity index (χ4n) is 0.606. The number of ketones is 2. The van der Waals surface area contributed by atoms with Gasteiger partial charge in [0.25, 0.3) is 0 Å². The molecule has 0 N–H and O–H groups in total. The maximum Gasteiger partial charge on any atom is 0.203 e. The van der Waals surface area contributed by atoms with Crippen molar-refractivity contribution < 1.29 is 19.2 Å². The van der Waals surface area contributed by atoms with E-state index < -0.39 is 10.2 Å². The number of carbonyl (C=O) groups excluding carboxylic acids is 4. The molecular formula is C8H10O4S. The van der Waals surface area contributed by atoms with Gasteiger partial charge in [-0.05, 0) is 25.6 Å². The summed E-state index contributed by atoms with van der Waals surface area (Å²) < 4.78 is 0. The van der Waals surface area contributed by atoms with Crippen molar-refractivity contribution in [1.29, 1.82) is 0 Å². The molecule has 0 aliphatic carbocycles. The van der Waals surface area contributed by atoms with Crippen LogP contribution < -0.4 is 0 Å². The molecule has 0 spiro atoms. The summed E-state index contributed by atoms with van der Waals surface area (Å²) in [6.45, 7) is 2.54. The Bertz CT molecular complexity index is 231. The van der Waals surface area contributed by atoms with Crippen molar-refractivity contribution in [2.75, 3.05) is 0 Å². The second kappa shape index (κ2) is 5.64. The second-order valence-corrected chi connectivity index (χ2v) is 3.72. The van der Waals surface area contributed by atoms with Crippen LogP contribution in [0.5, 0.6) is 0 Å². The van der Waals surface area contributed by atoms with E-state index in [1.807, 2.05) is 0 Å². The molecule has 0 aliphatic rings. The molecule has 0 unspecified atom stereocenters. The van der Waals surface area contributed by atoms with Crippen LogP contribution >= 0.6 is 11.8 Å². The lowest BCUT2D eigenvalue weighted by molar-refractivity contribution is -0.122. The van der Waals surface area contributed by atoms with Gasteiger partial charge >= 0.3 is 0 Å². The number of hydrogen-bond acceptors (Lipinski definition) is 5. The molecule has 0 saturated heterocycles. The third kappa shape index (κ3) is 7.39. The molecule has 0 aromatic carbocycles. The molecule has 0 aromatic heterocycles.